The van der Waals surface area contributed by atoms with Gasteiger partial charge >= 0.3 is 5.97 Å². The Bertz CT molecular complexity index is 597. The van der Waals surface area contributed by atoms with Crippen molar-refractivity contribution in [2.24, 2.45) is 0 Å². The largest absolute Gasteiger partial charge is 0.467 e. The summed E-state index contributed by atoms with van der Waals surface area (Å²) in [6.07, 6.45) is 2.83. The van der Waals surface area contributed by atoms with E-state index in [4.69, 9.17) is 9.47 Å². The molecule has 2 atom stereocenters. The Morgan fingerprint density at radius 3 is 2.84 bits per heavy atom. The predicted molar refractivity (Wildman–Crippen MR) is 69.3 cm³/mol. The van der Waals surface area contributed by atoms with Gasteiger partial charge in [0.05, 0.1) is 7.11 Å². The van der Waals surface area contributed by atoms with Crippen molar-refractivity contribution < 1.29 is 14.3 Å². The molecule has 1 aliphatic rings. The van der Waals surface area contributed by atoms with Crippen LogP contribution in [0.1, 0.15) is 11.7 Å². The first-order valence-electron chi connectivity index (χ1n) is 6.04. The number of ether oxygens (including phenoxy) is 2. The lowest BCUT2D eigenvalue weighted by Crippen LogP contribution is -2.09. The van der Waals surface area contributed by atoms with Gasteiger partial charge in [0, 0.05) is 18.0 Å². The quantitative estimate of drug-likeness (QED) is 0.624. The van der Waals surface area contributed by atoms with Crippen LogP contribution in [-0.4, -0.2) is 24.2 Å². The zero-order chi connectivity index (χ0) is 13.2. The van der Waals surface area contributed by atoms with Crippen LogP contribution in [0.2, 0.25) is 0 Å². The van der Waals surface area contributed by atoms with Crippen molar-refractivity contribution in [1.82, 2.24) is 4.98 Å². The fourth-order valence-electron chi connectivity index (χ4n) is 2.17. The van der Waals surface area contributed by atoms with E-state index in [1.54, 1.807) is 12.4 Å². The van der Waals surface area contributed by atoms with E-state index in [0.717, 1.165) is 16.7 Å². The molecule has 1 aromatic carbocycles. The van der Waals surface area contributed by atoms with E-state index in [9.17, 15) is 4.79 Å². The second-order valence-corrected chi connectivity index (χ2v) is 4.33. The number of methoxy groups -OCH3 is 1. The number of carbonyl (C=O) groups is 1. The van der Waals surface area contributed by atoms with Crippen LogP contribution >= 0.6 is 0 Å². The molecule has 0 N–H and O–H groups in total. The fourth-order valence-corrected chi connectivity index (χ4v) is 2.17. The first-order chi connectivity index (χ1) is 9.31. The average molecular weight is 255 g/mol. The number of hydrogen-bond acceptors (Lipinski definition) is 4. The topological polar surface area (TPSA) is 51.7 Å². The molecule has 1 aliphatic heterocycles. The maximum Gasteiger partial charge on any atom is 0.338 e. The lowest BCUT2D eigenvalue weighted by molar-refractivity contribution is -0.142. The summed E-state index contributed by atoms with van der Waals surface area (Å²) in [6.45, 7) is 0. The van der Waals surface area contributed by atoms with E-state index in [-0.39, 0.29) is 12.1 Å². The van der Waals surface area contributed by atoms with E-state index in [1.165, 1.54) is 7.11 Å². The van der Waals surface area contributed by atoms with Gasteiger partial charge in [-0.15, -0.1) is 0 Å². The monoisotopic (exact) mass is 255 g/mol. The Kier molecular flexibility index (Phi) is 3.01. The van der Waals surface area contributed by atoms with E-state index in [1.807, 2.05) is 36.4 Å². The Hall–Kier alpha value is -2.20. The third kappa shape index (κ3) is 2.22. The molecule has 0 unspecified atom stereocenters. The van der Waals surface area contributed by atoms with E-state index in [2.05, 4.69) is 4.98 Å². The molecule has 3 rings (SSSR count). The second-order valence-electron chi connectivity index (χ2n) is 4.33. The van der Waals surface area contributed by atoms with Crippen molar-refractivity contribution in [2.75, 3.05) is 7.11 Å². The highest BCUT2D eigenvalue weighted by atomic mass is 16.6. The smallest absolute Gasteiger partial charge is 0.338 e. The highest BCUT2D eigenvalue weighted by molar-refractivity contribution is 5.80. The number of benzene rings is 1. The molecule has 4 heteroatoms. The zero-order valence-electron chi connectivity index (χ0n) is 10.4. The van der Waals surface area contributed by atoms with Crippen molar-refractivity contribution in [3.8, 4) is 11.1 Å². The summed E-state index contributed by atoms with van der Waals surface area (Å²) in [5, 5.41) is 0. The van der Waals surface area contributed by atoms with Gasteiger partial charge in [-0.25, -0.2) is 4.79 Å². The zero-order valence-corrected chi connectivity index (χ0v) is 10.4. The summed E-state index contributed by atoms with van der Waals surface area (Å²) < 4.78 is 10.1. The molecule has 2 aromatic rings. The van der Waals surface area contributed by atoms with Gasteiger partial charge in [-0.05, 0) is 17.2 Å². The van der Waals surface area contributed by atoms with Crippen molar-refractivity contribution in [3.63, 3.8) is 0 Å². The van der Waals surface area contributed by atoms with E-state index < -0.39 is 6.10 Å². The number of carbonyl (C=O) groups excluding carboxylic acids is 1. The number of epoxide rings is 1. The number of esters is 1. The maximum absolute atomic E-state index is 11.4. The standard InChI is InChI=1S/C15H13NO3/c1-18-15(17)14-13(19-14)12-7-3-2-6-11(12)10-5-4-8-16-9-10/h2-9,13-14H,1H3/t13-,14+/m0/s1. The Morgan fingerprint density at radius 1 is 1.26 bits per heavy atom. The van der Waals surface area contributed by atoms with Crippen molar-refractivity contribution >= 4 is 5.97 Å². The molecule has 0 bridgehead atoms. The Labute approximate surface area is 111 Å². The molecule has 1 aromatic heterocycles. The van der Waals surface area contributed by atoms with E-state index in [0.29, 0.717) is 0 Å². The second kappa shape index (κ2) is 4.82. The molecule has 0 radical (unpaired) electrons. The Balaban J connectivity index is 1.94. The van der Waals surface area contributed by atoms with Crippen LogP contribution in [0.4, 0.5) is 0 Å². The van der Waals surface area contributed by atoms with Crippen LogP contribution in [0.3, 0.4) is 0 Å². The minimum atomic E-state index is -0.483. The minimum Gasteiger partial charge on any atom is -0.467 e. The highest BCUT2D eigenvalue weighted by Crippen LogP contribution is 2.43. The van der Waals surface area contributed by atoms with Gasteiger partial charge in [0.15, 0.2) is 6.10 Å². The first-order valence-corrected chi connectivity index (χ1v) is 6.04. The molecule has 0 saturated carbocycles. The van der Waals surface area contributed by atoms with Gasteiger partial charge < -0.3 is 9.47 Å². The number of aromatic nitrogens is 1. The molecule has 96 valence electrons. The van der Waals surface area contributed by atoms with Gasteiger partial charge in [-0.3, -0.25) is 4.98 Å². The third-order valence-corrected chi connectivity index (χ3v) is 3.16. The fraction of sp³-hybridized carbons (Fsp3) is 0.200. The van der Waals surface area contributed by atoms with Crippen LogP contribution in [0.5, 0.6) is 0 Å². The van der Waals surface area contributed by atoms with E-state index >= 15 is 0 Å². The van der Waals surface area contributed by atoms with Gasteiger partial charge in [-0.2, -0.15) is 0 Å². The van der Waals surface area contributed by atoms with Crippen LogP contribution in [-0.2, 0) is 14.3 Å². The summed E-state index contributed by atoms with van der Waals surface area (Å²) in [6, 6.07) is 11.7. The molecule has 0 amide bonds. The third-order valence-electron chi connectivity index (χ3n) is 3.16. The molecule has 1 saturated heterocycles. The number of pyridine rings is 1. The summed E-state index contributed by atoms with van der Waals surface area (Å²) in [5.41, 5.74) is 3.04. The molecule has 0 spiro atoms. The number of rotatable bonds is 3. The molecule has 0 aliphatic carbocycles. The lowest BCUT2D eigenvalue weighted by Gasteiger charge is -2.06. The normalized spacial score (nSPS) is 20.9. The van der Waals surface area contributed by atoms with Crippen molar-refractivity contribution in [1.29, 1.82) is 0 Å². The van der Waals surface area contributed by atoms with Gasteiger partial charge in [-0.1, -0.05) is 30.3 Å². The van der Waals surface area contributed by atoms with Crippen LogP contribution < -0.4 is 0 Å². The minimum absolute atomic E-state index is 0.219. The SMILES string of the molecule is COC(=O)[C@@H]1O[C@H]1c1ccccc1-c1cccnc1. The average Bonchev–Trinajstić information content (AvgIpc) is 3.28. The molecular weight excluding hydrogens is 242 g/mol. The van der Waals surface area contributed by atoms with Crippen LogP contribution in [0, 0.1) is 0 Å². The summed E-state index contributed by atoms with van der Waals surface area (Å²) >= 11 is 0. The molecular formula is C15H13NO3. The lowest BCUT2D eigenvalue weighted by atomic mass is 9.98. The van der Waals surface area contributed by atoms with Crippen LogP contribution in [0.25, 0.3) is 11.1 Å². The predicted octanol–water partition coefficient (Wildman–Crippen LogP) is 2.36. The summed E-state index contributed by atoms with van der Waals surface area (Å²) in [7, 11) is 1.37. The van der Waals surface area contributed by atoms with Crippen molar-refractivity contribution in [2.45, 2.75) is 12.2 Å². The maximum atomic E-state index is 11.4. The van der Waals surface area contributed by atoms with Gasteiger partial charge in [0.2, 0.25) is 0 Å². The first kappa shape index (κ1) is 11.9. The van der Waals surface area contributed by atoms with Gasteiger partial charge in [0.25, 0.3) is 0 Å². The summed E-state index contributed by atoms with van der Waals surface area (Å²) in [5.74, 6) is -0.328. The Morgan fingerprint density at radius 2 is 2.11 bits per heavy atom. The van der Waals surface area contributed by atoms with Crippen molar-refractivity contribution in [3.05, 3.63) is 54.4 Å². The number of nitrogens with zero attached hydrogens (tertiary/aromatic N) is 1. The summed E-state index contributed by atoms with van der Waals surface area (Å²) in [4.78, 5) is 15.6. The molecule has 19 heavy (non-hydrogen) atoms. The molecule has 2 heterocycles. The molecule has 1 fully saturated rings. The number of hydrogen-bond donors (Lipinski definition) is 0. The van der Waals surface area contributed by atoms with Crippen LogP contribution in [0.15, 0.2) is 48.8 Å². The highest BCUT2D eigenvalue weighted by Gasteiger charge is 2.48. The van der Waals surface area contributed by atoms with Gasteiger partial charge in [0.1, 0.15) is 6.10 Å². The molecule has 4 nitrogen and oxygen atoms in total.